The molecule has 0 atom stereocenters. The van der Waals surface area contributed by atoms with Crippen LogP contribution in [0.25, 0.3) is 0 Å². The molecule has 0 unspecified atom stereocenters. The van der Waals surface area contributed by atoms with E-state index < -0.39 is 8.32 Å². The number of H-pyrrole nitrogens is 1. The Morgan fingerprint density at radius 2 is 1.92 bits per heavy atom. The first kappa shape index (κ1) is 10.4. The monoisotopic (exact) mass is 197 g/mol. The third kappa shape index (κ3) is 2.37. The van der Waals surface area contributed by atoms with Crippen molar-refractivity contribution < 1.29 is 4.43 Å². The van der Waals surface area contributed by atoms with Gasteiger partial charge in [-0.1, -0.05) is 20.8 Å². The average Bonchev–Trinajstić information content (AvgIpc) is 2.35. The summed E-state index contributed by atoms with van der Waals surface area (Å²) in [6, 6.07) is 1.97. The summed E-state index contributed by atoms with van der Waals surface area (Å²) >= 11 is 0. The van der Waals surface area contributed by atoms with Crippen molar-refractivity contribution in [2.24, 2.45) is 0 Å². The normalized spacial score (nSPS) is 13.0. The second-order valence-electron chi connectivity index (χ2n) is 4.91. The van der Waals surface area contributed by atoms with Gasteiger partial charge in [-0.05, 0) is 24.2 Å². The zero-order valence-corrected chi connectivity index (χ0v) is 10.1. The Balaban J connectivity index is 2.73. The zero-order valence-electron chi connectivity index (χ0n) is 9.14. The van der Waals surface area contributed by atoms with Gasteiger partial charge in [-0.3, -0.25) is 0 Å². The summed E-state index contributed by atoms with van der Waals surface area (Å²) < 4.78 is 6.01. The van der Waals surface area contributed by atoms with Gasteiger partial charge in [0.05, 0.1) is 0 Å². The molecule has 1 aromatic heterocycles. The summed E-state index contributed by atoms with van der Waals surface area (Å²) in [4.78, 5) is 3.00. The first-order valence-electron chi connectivity index (χ1n) is 4.65. The highest BCUT2D eigenvalue weighted by atomic mass is 28.4. The molecule has 3 heteroatoms. The number of hydrogen-bond donors (Lipinski definition) is 1. The van der Waals surface area contributed by atoms with Crippen LogP contribution >= 0.6 is 0 Å². The number of aromatic amines is 1. The molecule has 0 aromatic carbocycles. The van der Waals surface area contributed by atoms with Crippen LogP contribution in [-0.4, -0.2) is 13.3 Å². The predicted octanol–water partition coefficient (Wildman–Crippen LogP) is 3.40. The minimum absolute atomic E-state index is 0.268. The molecule has 0 radical (unpaired) electrons. The zero-order chi connectivity index (χ0) is 10.1. The third-order valence-electron chi connectivity index (χ3n) is 2.75. The Labute approximate surface area is 81.4 Å². The molecule has 1 aromatic rings. The van der Waals surface area contributed by atoms with Crippen molar-refractivity contribution in [1.82, 2.24) is 4.98 Å². The molecule has 0 amide bonds. The van der Waals surface area contributed by atoms with Crippen molar-refractivity contribution in [2.75, 3.05) is 0 Å². The molecule has 2 nitrogen and oxygen atoms in total. The van der Waals surface area contributed by atoms with Gasteiger partial charge in [0.15, 0.2) is 0 Å². The van der Waals surface area contributed by atoms with Gasteiger partial charge in [-0.2, -0.15) is 0 Å². The van der Waals surface area contributed by atoms with Crippen molar-refractivity contribution >= 4 is 8.32 Å². The van der Waals surface area contributed by atoms with Gasteiger partial charge in [-0.25, -0.2) is 0 Å². The highest BCUT2D eigenvalue weighted by Gasteiger charge is 2.38. The van der Waals surface area contributed by atoms with Gasteiger partial charge >= 0.3 is 0 Å². The molecule has 13 heavy (non-hydrogen) atoms. The summed E-state index contributed by atoms with van der Waals surface area (Å²) in [6.45, 7) is 11.2. The number of aromatic nitrogens is 1. The molecule has 0 aliphatic carbocycles. The Hall–Kier alpha value is -0.703. The van der Waals surface area contributed by atoms with Gasteiger partial charge in [-0.15, -0.1) is 0 Å². The van der Waals surface area contributed by atoms with E-state index in [4.69, 9.17) is 4.43 Å². The summed E-state index contributed by atoms with van der Waals surface area (Å²) in [5, 5.41) is 0.268. The average molecular weight is 197 g/mol. The van der Waals surface area contributed by atoms with E-state index in [9.17, 15) is 0 Å². The van der Waals surface area contributed by atoms with E-state index in [0.29, 0.717) is 0 Å². The van der Waals surface area contributed by atoms with E-state index in [0.717, 1.165) is 5.75 Å². The Kier molecular flexibility index (Phi) is 2.57. The maximum atomic E-state index is 6.01. The van der Waals surface area contributed by atoms with E-state index in [-0.39, 0.29) is 5.04 Å². The molecule has 74 valence electrons. The molecular formula is C10H19NOSi. The second kappa shape index (κ2) is 3.22. The lowest BCUT2D eigenvalue weighted by Crippen LogP contribution is -2.43. The number of nitrogens with one attached hydrogen (secondary N) is 1. The van der Waals surface area contributed by atoms with Crippen LogP contribution in [0.3, 0.4) is 0 Å². The van der Waals surface area contributed by atoms with E-state index in [1.54, 1.807) is 0 Å². The number of hydrogen-bond acceptors (Lipinski definition) is 1. The molecule has 0 aliphatic heterocycles. The van der Waals surface area contributed by atoms with Gasteiger partial charge in [0.1, 0.15) is 5.75 Å². The quantitative estimate of drug-likeness (QED) is 0.722. The van der Waals surface area contributed by atoms with Crippen LogP contribution in [0.2, 0.25) is 18.1 Å². The number of rotatable bonds is 2. The van der Waals surface area contributed by atoms with Crippen molar-refractivity contribution in [3.8, 4) is 5.75 Å². The van der Waals surface area contributed by atoms with Crippen molar-refractivity contribution in [2.45, 2.75) is 38.9 Å². The lowest BCUT2D eigenvalue weighted by Gasteiger charge is -2.35. The lowest BCUT2D eigenvalue weighted by atomic mass is 10.2. The van der Waals surface area contributed by atoms with Crippen LogP contribution in [0.15, 0.2) is 18.5 Å². The molecule has 0 saturated carbocycles. The summed E-state index contributed by atoms with van der Waals surface area (Å²) in [7, 11) is -1.63. The predicted molar refractivity (Wildman–Crippen MR) is 58.6 cm³/mol. The topological polar surface area (TPSA) is 25.0 Å². The van der Waals surface area contributed by atoms with Crippen LogP contribution in [0.4, 0.5) is 0 Å². The van der Waals surface area contributed by atoms with Crippen molar-refractivity contribution in [3.63, 3.8) is 0 Å². The second-order valence-corrected chi connectivity index (χ2v) is 9.63. The van der Waals surface area contributed by atoms with Crippen LogP contribution in [0.5, 0.6) is 5.75 Å². The molecule has 1 rings (SSSR count). The molecule has 0 saturated heterocycles. The summed E-state index contributed by atoms with van der Waals surface area (Å²) in [5.41, 5.74) is 0. The Morgan fingerprint density at radius 3 is 2.31 bits per heavy atom. The highest BCUT2D eigenvalue weighted by Crippen LogP contribution is 2.37. The molecule has 1 N–H and O–H groups in total. The minimum Gasteiger partial charge on any atom is -0.542 e. The van der Waals surface area contributed by atoms with Gasteiger partial charge in [0.2, 0.25) is 0 Å². The maximum absolute atomic E-state index is 6.01. The summed E-state index contributed by atoms with van der Waals surface area (Å²) in [5.74, 6) is 0.964. The van der Waals surface area contributed by atoms with Gasteiger partial charge in [0.25, 0.3) is 8.32 Å². The molecule has 0 fully saturated rings. The third-order valence-corrected chi connectivity index (χ3v) is 7.11. The van der Waals surface area contributed by atoms with Crippen LogP contribution in [0, 0.1) is 0 Å². The first-order valence-corrected chi connectivity index (χ1v) is 7.55. The molecule has 0 spiro atoms. The fourth-order valence-corrected chi connectivity index (χ4v) is 1.84. The Bertz CT molecular complexity index is 259. The summed E-state index contributed by atoms with van der Waals surface area (Å²) in [6.07, 6.45) is 3.79. The van der Waals surface area contributed by atoms with Gasteiger partial charge < -0.3 is 9.41 Å². The lowest BCUT2D eigenvalue weighted by molar-refractivity contribution is 0.493. The maximum Gasteiger partial charge on any atom is 0.250 e. The molecule has 0 aliphatic rings. The SMILES string of the molecule is CC(C)(C)[Si](C)(C)Oc1cc[nH]c1. The minimum atomic E-state index is -1.63. The molecule has 1 heterocycles. The van der Waals surface area contributed by atoms with Crippen LogP contribution in [0.1, 0.15) is 20.8 Å². The Morgan fingerprint density at radius 1 is 1.31 bits per heavy atom. The fraction of sp³-hybridized carbons (Fsp3) is 0.600. The fourth-order valence-electron chi connectivity index (χ4n) is 0.820. The van der Waals surface area contributed by atoms with Crippen LogP contribution in [-0.2, 0) is 0 Å². The first-order chi connectivity index (χ1) is 5.83. The van der Waals surface area contributed by atoms with E-state index in [1.165, 1.54) is 0 Å². The molecular weight excluding hydrogens is 178 g/mol. The van der Waals surface area contributed by atoms with Crippen LogP contribution < -0.4 is 4.43 Å². The molecule has 0 bridgehead atoms. The van der Waals surface area contributed by atoms with E-state index >= 15 is 0 Å². The van der Waals surface area contributed by atoms with Gasteiger partial charge in [0, 0.05) is 12.4 Å². The highest BCUT2D eigenvalue weighted by molar-refractivity contribution is 6.74. The van der Waals surface area contributed by atoms with Crippen molar-refractivity contribution in [1.29, 1.82) is 0 Å². The van der Waals surface area contributed by atoms with Crippen molar-refractivity contribution in [3.05, 3.63) is 18.5 Å². The smallest absolute Gasteiger partial charge is 0.250 e. The van der Waals surface area contributed by atoms with E-state index in [1.807, 2.05) is 18.5 Å². The standard InChI is InChI=1S/C10H19NOSi/c1-10(2,3)13(4,5)12-9-6-7-11-8-9/h6-8,11H,1-5H3. The van der Waals surface area contributed by atoms with E-state index in [2.05, 4.69) is 38.8 Å². The largest absolute Gasteiger partial charge is 0.542 e.